The predicted octanol–water partition coefficient (Wildman–Crippen LogP) is 4.17. The number of aromatic nitrogens is 2. The van der Waals surface area contributed by atoms with Crippen molar-refractivity contribution in [3.05, 3.63) is 45.9 Å². The van der Waals surface area contributed by atoms with E-state index < -0.39 is 5.54 Å². The summed E-state index contributed by atoms with van der Waals surface area (Å²) in [6.07, 6.45) is 2.34. The highest BCUT2D eigenvalue weighted by atomic mass is 32.2. The predicted molar refractivity (Wildman–Crippen MR) is 135 cm³/mol. The smallest absolute Gasteiger partial charge is 0.183 e. The quantitative estimate of drug-likeness (QED) is 0.222. The number of likely N-dealkylation sites (tertiary alicyclic amines) is 1. The van der Waals surface area contributed by atoms with E-state index in [4.69, 9.17) is 10.5 Å². The second-order valence-corrected chi connectivity index (χ2v) is 10.4. The van der Waals surface area contributed by atoms with Crippen molar-refractivity contribution < 1.29 is 18.7 Å². The molecule has 10 heteroatoms. The number of carbonyl (C=O) groups excluding carboxylic acids is 2. The van der Waals surface area contributed by atoms with Crippen LogP contribution in [0, 0.1) is 6.92 Å². The molecular formula is C24H29FN4O3S2. The maximum atomic E-state index is 12.3. The number of benzene rings is 1. The van der Waals surface area contributed by atoms with Crippen molar-refractivity contribution in [1.82, 2.24) is 14.9 Å². The minimum absolute atomic E-state index is 0.0228. The van der Waals surface area contributed by atoms with Gasteiger partial charge in [0.15, 0.2) is 12.1 Å². The minimum Gasteiger partial charge on any atom is -0.497 e. The van der Waals surface area contributed by atoms with Gasteiger partial charge in [0.1, 0.15) is 23.3 Å². The Morgan fingerprint density at radius 1 is 1.29 bits per heavy atom. The molecule has 0 saturated carbocycles. The van der Waals surface area contributed by atoms with Crippen molar-refractivity contribution in [2.45, 2.75) is 30.3 Å². The molecule has 0 atom stereocenters. The van der Waals surface area contributed by atoms with Crippen LogP contribution in [0.4, 0.5) is 4.39 Å². The number of methoxy groups -OCH3 is 1. The third-order valence-electron chi connectivity index (χ3n) is 5.59. The van der Waals surface area contributed by atoms with Gasteiger partial charge < -0.3 is 15.4 Å². The number of thioether (sulfide) groups is 1. The Kier molecular flexibility index (Phi) is 9.12. The number of piperidine rings is 1. The molecule has 1 aliphatic heterocycles. The highest BCUT2D eigenvalue weighted by Gasteiger charge is 2.29. The SMILES string of the molecule is CN1CCC(N)(CF)CC1.COc1ccc2nc(C)nc(SCC(=O)c3ccc(C=O)s3)c2c1. The van der Waals surface area contributed by atoms with Crippen LogP contribution in [0.5, 0.6) is 5.75 Å². The number of Topliss-reactive ketones (excluding diaryl/α,β-unsaturated/α-hetero) is 1. The van der Waals surface area contributed by atoms with E-state index in [0.717, 1.165) is 53.9 Å². The number of nitrogens with two attached hydrogens (primary N) is 1. The summed E-state index contributed by atoms with van der Waals surface area (Å²) < 4.78 is 17.5. The molecule has 1 fully saturated rings. The van der Waals surface area contributed by atoms with Crippen LogP contribution >= 0.6 is 23.1 Å². The number of alkyl halides is 1. The highest BCUT2D eigenvalue weighted by molar-refractivity contribution is 8.00. The van der Waals surface area contributed by atoms with Gasteiger partial charge >= 0.3 is 0 Å². The van der Waals surface area contributed by atoms with Crippen LogP contribution < -0.4 is 10.5 Å². The molecule has 0 spiro atoms. The second kappa shape index (κ2) is 11.8. The van der Waals surface area contributed by atoms with Gasteiger partial charge in [0.05, 0.1) is 28.1 Å². The molecule has 182 valence electrons. The van der Waals surface area contributed by atoms with Crippen LogP contribution in [-0.4, -0.2) is 72.2 Å². The number of hydrogen-bond acceptors (Lipinski definition) is 9. The van der Waals surface area contributed by atoms with Crippen LogP contribution in [0.2, 0.25) is 0 Å². The lowest BCUT2D eigenvalue weighted by Crippen LogP contribution is -2.50. The maximum Gasteiger partial charge on any atom is 0.183 e. The zero-order valence-electron chi connectivity index (χ0n) is 19.5. The summed E-state index contributed by atoms with van der Waals surface area (Å²) in [6, 6.07) is 8.94. The molecule has 0 bridgehead atoms. The van der Waals surface area contributed by atoms with Crippen molar-refractivity contribution in [3.63, 3.8) is 0 Å². The molecule has 1 aromatic carbocycles. The summed E-state index contributed by atoms with van der Waals surface area (Å²) >= 11 is 2.57. The number of ether oxygens (including phenoxy) is 1. The van der Waals surface area contributed by atoms with Crippen LogP contribution in [0.15, 0.2) is 35.4 Å². The number of carbonyl (C=O) groups is 2. The molecule has 2 N–H and O–H groups in total. The first-order valence-corrected chi connectivity index (χ1v) is 12.6. The first-order chi connectivity index (χ1) is 16.3. The van der Waals surface area contributed by atoms with Gasteiger partial charge in [-0.3, -0.25) is 9.59 Å². The Morgan fingerprint density at radius 2 is 2.03 bits per heavy atom. The van der Waals surface area contributed by atoms with E-state index >= 15 is 0 Å². The average Bonchev–Trinajstić information content (AvgIpc) is 3.34. The monoisotopic (exact) mass is 504 g/mol. The lowest BCUT2D eigenvalue weighted by atomic mass is 9.90. The van der Waals surface area contributed by atoms with Gasteiger partial charge in [-0.15, -0.1) is 11.3 Å². The van der Waals surface area contributed by atoms with E-state index in [1.54, 1.807) is 19.2 Å². The van der Waals surface area contributed by atoms with E-state index in [9.17, 15) is 14.0 Å². The number of aryl methyl sites for hydroxylation is 1. The van der Waals surface area contributed by atoms with Crippen molar-refractivity contribution in [3.8, 4) is 5.75 Å². The molecule has 0 aliphatic carbocycles. The number of aldehydes is 1. The van der Waals surface area contributed by atoms with Crippen LogP contribution in [-0.2, 0) is 0 Å². The molecule has 0 radical (unpaired) electrons. The van der Waals surface area contributed by atoms with E-state index in [1.807, 2.05) is 32.2 Å². The molecule has 3 aromatic rings. The lowest BCUT2D eigenvalue weighted by Gasteiger charge is -2.35. The van der Waals surface area contributed by atoms with Gasteiger partial charge in [-0.25, -0.2) is 14.4 Å². The third-order valence-corrected chi connectivity index (χ3v) is 7.63. The minimum atomic E-state index is -0.507. The molecule has 1 saturated heterocycles. The lowest BCUT2D eigenvalue weighted by molar-refractivity contribution is 0.102. The fourth-order valence-corrected chi connectivity index (χ4v) is 5.19. The zero-order valence-corrected chi connectivity index (χ0v) is 21.2. The molecular weight excluding hydrogens is 475 g/mol. The molecule has 3 heterocycles. The Bertz CT molecular complexity index is 1150. The summed E-state index contributed by atoms with van der Waals surface area (Å²) in [5.41, 5.74) is 6.03. The topological polar surface area (TPSA) is 98.4 Å². The average molecular weight is 505 g/mol. The molecule has 1 aliphatic rings. The Labute approximate surface area is 206 Å². The van der Waals surface area contributed by atoms with Crippen LogP contribution in [0.25, 0.3) is 10.9 Å². The number of nitrogens with zero attached hydrogens (tertiary/aromatic N) is 3. The fourth-order valence-electron chi connectivity index (χ4n) is 3.40. The number of halogens is 1. The maximum absolute atomic E-state index is 12.3. The number of rotatable bonds is 7. The largest absolute Gasteiger partial charge is 0.497 e. The van der Waals surface area contributed by atoms with Crippen LogP contribution in [0.1, 0.15) is 38.0 Å². The van der Waals surface area contributed by atoms with Crippen molar-refractivity contribution in [2.24, 2.45) is 5.73 Å². The highest BCUT2D eigenvalue weighted by Crippen LogP contribution is 2.29. The molecule has 4 rings (SSSR count). The number of hydrogen-bond donors (Lipinski definition) is 1. The van der Waals surface area contributed by atoms with Gasteiger partial charge in [0.2, 0.25) is 0 Å². The molecule has 2 aromatic heterocycles. The van der Waals surface area contributed by atoms with E-state index in [-0.39, 0.29) is 18.2 Å². The van der Waals surface area contributed by atoms with E-state index in [1.165, 1.54) is 23.1 Å². The molecule has 7 nitrogen and oxygen atoms in total. The number of fused-ring (bicyclic) bond motifs is 1. The van der Waals surface area contributed by atoms with E-state index in [0.29, 0.717) is 15.6 Å². The Hall–Kier alpha value is -2.40. The summed E-state index contributed by atoms with van der Waals surface area (Å²) in [5, 5.41) is 1.61. The van der Waals surface area contributed by atoms with Gasteiger partial charge in [0.25, 0.3) is 0 Å². The third kappa shape index (κ3) is 6.82. The van der Waals surface area contributed by atoms with Gasteiger partial charge in [-0.1, -0.05) is 11.8 Å². The van der Waals surface area contributed by atoms with E-state index in [2.05, 4.69) is 14.9 Å². The summed E-state index contributed by atoms with van der Waals surface area (Å²) in [5.74, 6) is 1.60. The molecule has 0 amide bonds. The first-order valence-electron chi connectivity index (χ1n) is 10.8. The van der Waals surface area contributed by atoms with Gasteiger partial charge in [0, 0.05) is 10.9 Å². The Morgan fingerprint density at radius 3 is 2.65 bits per heavy atom. The summed E-state index contributed by atoms with van der Waals surface area (Å²) in [4.78, 5) is 35.2. The van der Waals surface area contributed by atoms with Crippen molar-refractivity contribution in [1.29, 1.82) is 0 Å². The first kappa shape index (κ1) is 26.2. The van der Waals surface area contributed by atoms with Crippen molar-refractivity contribution >= 4 is 46.1 Å². The van der Waals surface area contributed by atoms with Gasteiger partial charge in [-0.05, 0) is 70.2 Å². The standard InChI is InChI=1S/C17H14N2O3S2.C7H15FN2/c1-10-18-14-5-3-11(22-2)7-13(14)17(19-10)23-9-15(21)16-6-4-12(8-20)24-16;1-10-4-2-7(9,6-8)3-5-10/h3-8H,9H2,1-2H3;2-6,9H2,1H3. The molecule has 34 heavy (non-hydrogen) atoms. The van der Waals surface area contributed by atoms with Crippen molar-refractivity contribution in [2.75, 3.05) is 39.7 Å². The number of ketones is 1. The normalized spacial score (nSPS) is 15.4. The zero-order chi connectivity index (χ0) is 24.7. The summed E-state index contributed by atoms with van der Waals surface area (Å²) in [7, 11) is 3.64. The fraction of sp³-hybridized carbons (Fsp3) is 0.417. The van der Waals surface area contributed by atoms with Gasteiger partial charge in [-0.2, -0.15) is 0 Å². The Balaban J connectivity index is 0.000000271. The number of thiophene rings is 1. The van der Waals surface area contributed by atoms with Crippen LogP contribution in [0.3, 0.4) is 0 Å². The second-order valence-electron chi connectivity index (χ2n) is 8.29. The summed E-state index contributed by atoms with van der Waals surface area (Å²) in [6.45, 7) is 3.31. The molecule has 0 unspecified atom stereocenters.